The van der Waals surface area contributed by atoms with Crippen LogP contribution in [0.15, 0.2) is 0 Å². The number of carbonyl (C=O) groups is 2. The number of ether oxygens (including phenoxy) is 1. The van der Waals surface area contributed by atoms with Crippen molar-refractivity contribution in [3.05, 3.63) is 6.54 Å². The van der Waals surface area contributed by atoms with Crippen molar-refractivity contribution in [2.45, 2.75) is 32.8 Å². The highest BCUT2D eigenvalue weighted by Crippen LogP contribution is 2.06. The van der Waals surface area contributed by atoms with Gasteiger partial charge in [0.05, 0.1) is 13.0 Å². The fraction of sp³-hybridized carbons (Fsp3) is 0.625. The molecule has 0 aliphatic rings. The van der Waals surface area contributed by atoms with E-state index in [0.717, 1.165) is 6.54 Å². The number of amides is 1. The van der Waals surface area contributed by atoms with Gasteiger partial charge in [-0.1, -0.05) is 0 Å². The SMILES string of the molecule is CC(C)(C)OC(=O)N[CH]CC(=O)O. The van der Waals surface area contributed by atoms with Crippen LogP contribution in [0.1, 0.15) is 27.2 Å². The molecule has 5 heteroatoms. The fourth-order valence-corrected chi connectivity index (χ4v) is 0.529. The molecule has 5 nitrogen and oxygen atoms in total. The number of aliphatic carboxylic acids is 1. The summed E-state index contributed by atoms with van der Waals surface area (Å²) in [6.45, 7) is 6.31. The zero-order valence-electron chi connectivity index (χ0n) is 7.96. The van der Waals surface area contributed by atoms with Gasteiger partial charge in [0.2, 0.25) is 0 Å². The minimum atomic E-state index is -1.00. The molecule has 0 bridgehead atoms. The van der Waals surface area contributed by atoms with Crippen molar-refractivity contribution < 1.29 is 19.4 Å². The predicted octanol–water partition coefficient (Wildman–Crippen LogP) is 1.15. The van der Waals surface area contributed by atoms with Gasteiger partial charge in [-0.25, -0.2) is 4.79 Å². The molecule has 1 radical (unpaired) electrons. The minimum absolute atomic E-state index is 0.223. The smallest absolute Gasteiger partial charge is 0.407 e. The molecule has 0 saturated carbocycles. The zero-order valence-corrected chi connectivity index (χ0v) is 7.96. The molecular formula is C8H14NO4. The highest BCUT2D eigenvalue weighted by Gasteiger charge is 2.15. The van der Waals surface area contributed by atoms with E-state index >= 15 is 0 Å². The van der Waals surface area contributed by atoms with Gasteiger partial charge in [0.25, 0.3) is 0 Å². The highest BCUT2D eigenvalue weighted by molar-refractivity contribution is 5.72. The average Bonchev–Trinajstić information content (AvgIpc) is 1.81. The Balaban J connectivity index is 3.59. The quantitative estimate of drug-likeness (QED) is 0.696. The van der Waals surface area contributed by atoms with E-state index in [2.05, 4.69) is 5.32 Å². The maximum absolute atomic E-state index is 10.9. The first-order valence-corrected chi connectivity index (χ1v) is 3.84. The summed E-state index contributed by atoms with van der Waals surface area (Å²) in [7, 11) is 0. The number of alkyl carbamates (subject to hydrolysis) is 1. The van der Waals surface area contributed by atoms with Crippen LogP contribution in [-0.4, -0.2) is 22.8 Å². The lowest BCUT2D eigenvalue weighted by Crippen LogP contribution is -2.31. The zero-order chi connectivity index (χ0) is 10.5. The van der Waals surface area contributed by atoms with Crippen LogP contribution >= 0.6 is 0 Å². The maximum Gasteiger partial charge on any atom is 0.407 e. The second-order valence-corrected chi connectivity index (χ2v) is 3.45. The number of rotatable bonds is 3. The molecule has 0 unspecified atom stereocenters. The molecule has 75 valence electrons. The normalized spacial score (nSPS) is 10.7. The molecule has 13 heavy (non-hydrogen) atoms. The van der Waals surface area contributed by atoms with Crippen molar-refractivity contribution in [1.29, 1.82) is 0 Å². The summed E-state index contributed by atoms with van der Waals surface area (Å²) < 4.78 is 4.85. The first kappa shape index (κ1) is 11.7. The van der Waals surface area contributed by atoms with E-state index < -0.39 is 17.7 Å². The molecule has 0 aromatic carbocycles. The first-order valence-electron chi connectivity index (χ1n) is 3.84. The lowest BCUT2D eigenvalue weighted by atomic mass is 10.2. The Hall–Kier alpha value is -1.26. The van der Waals surface area contributed by atoms with Gasteiger partial charge in [-0.05, 0) is 20.8 Å². The number of carbonyl (C=O) groups excluding carboxylic acids is 1. The standard InChI is InChI=1S/C8H14NO4/c1-8(2,3)13-7(12)9-5-4-6(10)11/h5H,4H2,1-3H3,(H,9,12)(H,10,11). The second kappa shape index (κ2) is 4.69. The molecular weight excluding hydrogens is 174 g/mol. The Labute approximate surface area is 77.1 Å². The van der Waals surface area contributed by atoms with Crippen molar-refractivity contribution >= 4 is 12.1 Å². The van der Waals surface area contributed by atoms with Crippen LogP contribution < -0.4 is 5.32 Å². The molecule has 0 aromatic rings. The van der Waals surface area contributed by atoms with Gasteiger partial charge in [0.1, 0.15) is 5.60 Å². The first-order chi connectivity index (χ1) is 5.81. The molecule has 0 rings (SSSR count). The number of carboxylic acid groups (broad SMARTS) is 1. The van der Waals surface area contributed by atoms with Crippen LogP contribution in [0.2, 0.25) is 0 Å². The van der Waals surface area contributed by atoms with Crippen LogP contribution in [-0.2, 0) is 9.53 Å². The van der Waals surface area contributed by atoms with E-state index in [9.17, 15) is 9.59 Å². The minimum Gasteiger partial charge on any atom is -0.481 e. The topological polar surface area (TPSA) is 75.6 Å². The summed E-state index contributed by atoms with van der Waals surface area (Å²) in [6, 6.07) is 0. The van der Waals surface area contributed by atoms with Gasteiger partial charge >= 0.3 is 12.1 Å². The van der Waals surface area contributed by atoms with Gasteiger partial charge in [0, 0.05) is 0 Å². The van der Waals surface area contributed by atoms with Crippen LogP contribution in [0.3, 0.4) is 0 Å². The van der Waals surface area contributed by atoms with Crippen molar-refractivity contribution in [2.24, 2.45) is 0 Å². The Kier molecular flexibility index (Phi) is 4.23. The van der Waals surface area contributed by atoms with Crippen LogP contribution in [0, 0.1) is 6.54 Å². The van der Waals surface area contributed by atoms with Crippen molar-refractivity contribution in [3.63, 3.8) is 0 Å². The van der Waals surface area contributed by atoms with Gasteiger partial charge < -0.3 is 15.2 Å². The third-order valence-corrected chi connectivity index (χ3v) is 0.895. The monoisotopic (exact) mass is 188 g/mol. The Bertz CT molecular complexity index is 195. The molecule has 0 fully saturated rings. The number of hydrogen-bond donors (Lipinski definition) is 2. The maximum atomic E-state index is 10.9. The van der Waals surface area contributed by atoms with Gasteiger partial charge in [-0.3, -0.25) is 4.79 Å². The molecule has 0 aliphatic carbocycles. The Morgan fingerprint density at radius 3 is 2.38 bits per heavy atom. The van der Waals surface area contributed by atoms with Crippen molar-refractivity contribution in [3.8, 4) is 0 Å². The summed E-state index contributed by atoms with van der Waals surface area (Å²) in [5, 5.41) is 10.4. The summed E-state index contributed by atoms with van der Waals surface area (Å²) in [5.74, 6) is -1.00. The predicted molar refractivity (Wildman–Crippen MR) is 45.9 cm³/mol. The fourth-order valence-electron chi connectivity index (χ4n) is 0.529. The molecule has 0 atom stereocenters. The number of hydrogen-bond acceptors (Lipinski definition) is 3. The third-order valence-electron chi connectivity index (χ3n) is 0.895. The van der Waals surface area contributed by atoms with E-state index in [1.807, 2.05) is 0 Å². The van der Waals surface area contributed by atoms with Crippen LogP contribution in [0.25, 0.3) is 0 Å². The van der Waals surface area contributed by atoms with E-state index in [1.54, 1.807) is 20.8 Å². The largest absolute Gasteiger partial charge is 0.481 e. The molecule has 2 N–H and O–H groups in total. The summed E-state index contributed by atoms with van der Waals surface area (Å²) in [5.41, 5.74) is -0.568. The molecule has 0 aromatic heterocycles. The second-order valence-electron chi connectivity index (χ2n) is 3.45. The summed E-state index contributed by atoms with van der Waals surface area (Å²) in [4.78, 5) is 20.9. The lowest BCUT2D eigenvalue weighted by Gasteiger charge is -2.19. The average molecular weight is 188 g/mol. The summed E-state index contributed by atoms with van der Waals surface area (Å²) in [6.07, 6.45) is -0.868. The van der Waals surface area contributed by atoms with Crippen molar-refractivity contribution in [2.75, 3.05) is 0 Å². The number of carboxylic acids is 1. The third kappa shape index (κ3) is 8.65. The van der Waals surface area contributed by atoms with Crippen molar-refractivity contribution in [1.82, 2.24) is 5.32 Å². The van der Waals surface area contributed by atoms with Crippen LogP contribution in [0.5, 0.6) is 0 Å². The molecule has 0 heterocycles. The van der Waals surface area contributed by atoms with Gasteiger partial charge in [-0.2, -0.15) is 0 Å². The number of nitrogens with one attached hydrogen (secondary N) is 1. The molecule has 0 saturated heterocycles. The van der Waals surface area contributed by atoms with E-state index in [0.29, 0.717) is 0 Å². The summed E-state index contributed by atoms with van der Waals surface area (Å²) >= 11 is 0. The lowest BCUT2D eigenvalue weighted by molar-refractivity contribution is -0.136. The highest BCUT2D eigenvalue weighted by atomic mass is 16.6. The van der Waals surface area contributed by atoms with E-state index in [4.69, 9.17) is 9.84 Å². The van der Waals surface area contributed by atoms with E-state index in [1.165, 1.54) is 0 Å². The van der Waals surface area contributed by atoms with Gasteiger partial charge in [0.15, 0.2) is 0 Å². The Morgan fingerprint density at radius 1 is 1.46 bits per heavy atom. The van der Waals surface area contributed by atoms with E-state index in [-0.39, 0.29) is 6.42 Å². The van der Waals surface area contributed by atoms with Gasteiger partial charge in [-0.15, -0.1) is 0 Å². The molecule has 1 amide bonds. The van der Waals surface area contributed by atoms with Crippen LogP contribution in [0.4, 0.5) is 4.79 Å². The Morgan fingerprint density at radius 2 is 2.00 bits per heavy atom. The molecule has 0 spiro atoms. The molecule has 0 aliphatic heterocycles.